The number of hydrogen-bond acceptors (Lipinski definition) is 2. The monoisotopic (exact) mass is 260 g/mol. The van der Waals surface area contributed by atoms with Crippen molar-refractivity contribution in [3.05, 3.63) is 0 Å². The number of alkyl halides is 5. The molecule has 2 nitrogen and oxygen atoms in total. The first kappa shape index (κ1) is 14.6. The zero-order valence-electron chi connectivity index (χ0n) is 9.36. The van der Waals surface area contributed by atoms with E-state index >= 15 is 0 Å². The summed E-state index contributed by atoms with van der Waals surface area (Å²) in [7, 11) is 0. The van der Waals surface area contributed by atoms with Crippen LogP contribution in [0.1, 0.15) is 25.7 Å². The van der Waals surface area contributed by atoms with Crippen molar-refractivity contribution < 1.29 is 22.0 Å². The summed E-state index contributed by atoms with van der Waals surface area (Å²) in [5, 5.41) is 2.61. The lowest BCUT2D eigenvalue weighted by atomic mass is 9.76. The van der Waals surface area contributed by atoms with Crippen LogP contribution >= 0.6 is 0 Å². The molecule has 0 aromatic carbocycles. The van der Waals surface area contributed by atoms with E-state index in [1.54, 1.807) is 0 Å². The Morgan fingerprint density at radius 3 is 2.12 bits per heavy atom. The summed E-state index contributed by atoms with van der Waals surface area (Å²) in [6, 6.07) is 0. The largest absolute Gasteiger partial charge is 0.391 e. The first-order valence-electron chi connectivity index (χ1n) is 5.59. The Balaban J connectivity index is 2.51. The highest BCUT2D eigenvalue weighted by atomic mass is 19.4. The van der Waals surface area contributed by atoms with E-state index in [0.29, 0.717) is 0 Å². The van der Waals surface area contributed by atoms with E-state index in [-0.39, 0.29) is 32.2 Å². The molecule has 3 N–H and O–H groups in total. The van der Waals surface area contributed by atoms with E-state index in [4.69, 9.17) is 5.73 Å². The van der Waals surface area contributed by atoms with Gasteiger partial charge in [0.1, 0.15) is 0 Å². The fraction of sp³-hybridized carbons (Fsp3) is 1.00. The number of nitrogens with one attached hydrogen (secondary N) is 1. The molecular formula is C10H17F5N2. The minimum absolute atomic E-state index is 0.0447. The lowest BCUT2D eigenvalue weighted by Crippen LogP contribution is -2.55. The van der Waals surface area contributed by atoms with Crippen LogP contribution in [0.3, 0.4) is 0 Å². The summed E-state index contributed by atoms with van der Waals surface area (Å²) in [5.74, 6) is -1.32. The fourth-order valence-corrected chi connectivity index (χ4v) is 2.24. The molecule has 0 aromatic heterocycles. The van der Waals surface area contributed by atoms with Crippen LogP contribution in [0, 0.1) is 5.92 Å². The Kier molecular flexibility index (Phi) is 4.71. The van der Waals surface area contributed by atoms with Crippen molar-refractivity contribution in [2.24, 2.45) is 11.7 Å². The molecular weight excluding hydrogens is 243 g/mol. The highest BCUT2D eigenvalue weighted by Gasteiger charge is 2.45. The third kappa shape index (κ3) is 4.06. The summed E-state index contributed by atoms with van der Waals surface area (Å²) in [6.45, 7) is -0.432. The first-order chi connectivity index (χ1) is 7.79. The van der Waals surface area contributed by atoms with Crippen molar-refractivity contribution >= 4 is 0 Å². The molecule has 0 aliphatic heterocycles. The molecule has 1 rings (SSSR count). The standard InChI is InChI=1S/C10H17F5N2/c11-8(12)5-17-9(6-16)3-1-7(2-4-9)10(13,14)15/h7-8,17H,1-6,16H2. The van der Waals surface area contributed by atoms with E-state index < -0.39 is 30.6 Å². The van der Waals surface area contributed by atoms with Gasteiger partial charge in [0.25, 0.3) is 6.43 Å². The van der Waals surface area contributed by atoms with Gasteiger partial charge < -0.3 is 11.1 Å². The van der Waals surface area contributed by atoms with E-state index in [1.807, 2.05) is 0 Å². The van der Waals surface area contributed by atoms with Crippen LogP contribution in [-0.4, -0.2) is 31.2 Å². The molecule has 102 valence electrons. The van der Waals surface area contributed by atoms with Gasteiger partial charge in [-0.1, -0.05) is 0 Å². The summed E-state index contributed by atoms with van der Waals surface area (Å²) >= 11 is 0. The summed E-state index contributed by atoms with van der Waals surface area (Å²) < 4.78 is 61.5. The first-order valence-corrected chi connectivity index (χ1v) is 5.59. The Morgan fingerprint density at radius 2 is 1.76 bits per heavy atom. The van der Waals surface area contributed by atoms with Crippen LogP contribution in [0.5, 0.6) is 0 Å². The zero-order chi connectivity index (χ0) is 13.1. The maximum Gasteiger partial charge on any atom is 0.391 e. The van der Waals surface area contributed by atoms with Gasteiger partial charge in [-0.2, -0.15) is 13.2 Å². The van der Waals surface area contributed by atoms with Gasteiger partial charge in [-0.05, 0) is 25.7 Å². The minimum atomic E-state index is -4.19. The van der Waals surface area contributed by atoms with Crippen LogP contribution in [0.15, 0.2) is 0 Å². The minimum Gasteiger partial charge on any atom is -0.329 e. The molecule has 0 heterocycles. The van der Waals surface area contributed by atoms with Crippen molar-refractivity contribution in [1.82, 2.24) is 5.32 Å². The topological polar surface area (TPSA) is 38.0 Å². The average molecular weight is 260 g/mol. The predicted octanol–water partition coefficient (Wildman–Crippen LogP) is 2.29. The van der Waals surface area contributed by atoms with Crippen LogP contribution in [-0.2, 0) is 0 Å². The molecule has 0 amide bonds. The molecule has 0 atom stereocenters. The van der Waals surface area contributed by atoms with Crippen LogP contribution in [0.25, 0.3) is 0 Å². The Hall–Kier alpha value is -0.430. The second kappa shape index (κ2) is 5.48. The predicted molar refractivity (Wildman–Crippen MR) is 53.8 cm³/mol. The van der Waals surface area contributed by atoms with Crippen molar-refractivity contribution in [1.29, 1.82) is 0 Å². The van der Waals surface area contributed by atoms with Crippen molar-refractivity contribution in [3.63, 3.8) is 0 Å². The molecule has 1 aliphatic rings. The number of hydrogen-bond donors (Lipinski definition) is 2. The van der Waals surface area contributed by atoms with E-state index in [2.05, 4.69) is 5.32 Å². The van der Waals surface area contributed by atoms with Gasteiger partial charge >= 0.3 is 6.18 Å². The van der Waals surface area contributed by atoms with Gasteiger partial charge in [0.15, 0.2) is 0 Å². The van der Waals surface area contributed by atoms with E-state index in [0.717, 1.165) is 0 Å². The van der Waals surface area contributed by atoms with Crippen molar-refractivity contribution in [3.8, 4) is 0 Å². The van der Waals surface area contributed by atoms with E-state index in [9.17, 15) is 22.0 Å². The molecule has 1 fully saturated rings. The van der Waals surface area contributed by atoms with Gasteiger partial charge in [-0.25, -0.2) is 8.78 Å². The van der Waals surface area contributed by atoms with Gasteiger partial charge in [-0.15, -0.1) is 0 Å². The Labute approximate surface area is 96.7 Å². The van der Waals surface area contributed by atoms with Gasteiger partial charge in [0.2, 0.25) is 0 Å². The van der Waals surface area contributed by atoms with Gasteiger partial charge in [0, 0.05) is 12.1 Å². The highest BCUT2D eigenvalue weighted by Crippen LogP contribution is 2.40. The smallest absolute Gasteiger partial charge is 0.329 e. The lowest BCUT2D eigenvalue weighted by Gasteiger charge is -2.40. The number of nitrogens with two attached hydrogens (primary N) is 1. The van der Waals surface area contributed by atoms with Crippen LogP contribution in [0.4, 0.5) is 22.0 Å². The summed E-state index contributed by atoms with van der Waals surface area (Å²) in [4.78, 5) is 0. The molecule has 1 aliphatic carbocycles. The summed E-state index contributed by atoms with van der Waals surface area (Å²) in [6.07, 6.45) is -6.41. The third-order valence-corrected chi connectivity index (χ3v) is 3.43. The summed E-state index contributed by atoms with van der Waals surface area (Å²) in [5.41, 5.74) is 4.74. The maximum atomic E-state index is 12.4. The zero-order valence-corrected chi connectivity index (χ0v) is 9.36. The van der Waals surface area contributed by atoms with Gasteiger partial charge in [0.05, 0.1) is 12.5 Å². The molecule has 7 heteroatoms. The number of rotatable bonds is 4. The van der Waals surface area contributed by atoms with Crippen LogP contribution < -0.4 is 11.1 Å². The lowest BCUT2D eigenvalue weighted by molar-refractivity contribution is -0.185. The molecule has 17 heavy (non-hydrogen) atoms. The molecule has 0 spiro atoms. The van der Waals surface area contributed by atoms with Crippen molar-refractivity contribution in [2.75, 3.05) is 13.1 Å². The van der Waals surface area contributed by atoms with E-state index in [1.165, 1.54) is 0 Å². The van der Waals surface area contributed by atoms with Gasteiger partial charge in [-0.3, -0.25) is 0 Å². The van der Waals surface area contributed by atoms with Crippen LogP contribution in [0.2, 0.25) is 0 Å². The quantitative estimate of drug-likeness (QED) is 0.761. The highest BCUT2D eigenvalue weighted by molar-refractivity contribution is 4.95. The normalized spacial score (nSPS) is 30.9. The SMILES string of the molecule is NCC1(NCC(F)F)CCC(C(F)(F)F)CC1. The molecule has 0 aromatic rings. The molecule has 0 bridgehead atoms. The third-order valence-electron chi connectivity index (χ3n) is 3.43. The Bertz CT molecular complexity index is 233. The van der Waals surface area contributed by atoms with Crippen molar-refractivity contribution in [2.45, 2.75) is 43.8 Å². The second-order valence-corrected chi connectivity index (χ2v) is 4.57. The Morgan fingerprint density at radius 1 is 1.24 bits per heavy atom. The maximum absolute atomic E-state index is 12.4. The number of halogens is 5. The fourth-order valence-electron chi connectivity index (χ4n) is 2.24. The second-order valence-electron chi connectivity index (χ2n) is 4.57. The molecule has 1 saturated carbocycles. The average Bonchev–Trinajstić information content (AvgIpc) is 2.26. The molecule has 0 unspecified atom stereocenters. The molecule has 0 saturated heterocycles. The molecule has 0 radical (unpaired) electrons.